The van der Waals surface area contributed by atoms with Gasteiger partial charge in [0.15, 0.2) is 0 Å². The molecule has 0 radical (unpaired) electrons. The van der Waals surface area contributed by atoms with Crippen molar-refractivity contribution in [1.82, 2.24) is 14.6 Å². The topological polar surface area (TPSA) is 97.8 Å². The monoisotopic (exact) mass is 523 g/mol. The van der Waals surface area contributed by atoms with E-state index in [1.807, 2.05) is 30.0 Å². The molecule has 1 aliphatic heterocycles. The number of pyridine rings is 1. The smallest absolute Gasteiger partial charge is 0.269 e. The number of sulfonamides is 1. The van der Waals surface area contributed by atoms with E-state index in [0.29, 0.717) is 31.0 Å². The van der Waals surface area contributed by atoms with Crippen LogP contribution in [0.4, 0.5) is 0 Å². The third kappa shape index (κ3) is 4.81. The molecule has 2 aromatic carbocycles. The highest BCUT2D eigenvalue weighted by Gasteiger charge is 2.49. The normalized spacial score (nSPS) is 17.4. The molecule has 0 saturated carbocycles. The number of carbonyl (C=O) groups excluding carboxylic acids is 1. The van der Waals surface area contributed by atoms with E-state index in [1.165, 1.54) is 31.0 Å². The SMILES string of the molecule is CCOc1cccc2c1CN(Cc1c(C)cc(C)cc1C)C2(C)C(=O)NS(=O)(=O)c1cccnc1OC. The third-order valence-corrected chi connectivity index (χ3v) is 8.36. The Morgan fingerprint density at radius 3 is 2.49 bits per heavy atom. The largest absolute Gasteiger partial charge is 0.494 e. The van der Waals surface area contributed by atoms with Gasteiger partial charge in [0.05, 0.1) is 13.7 Å². The van der Waals surface area contributed by atoms with Crippen LogP contribution >= 0.6 is 0 Å². The van der Waals surface area contributed by atoms with Crippen LogP contribution in [0.5, 0.6) is 11.6 Å². The molecular weight excluding hydrogens is 490 g/mol. The maximum atomic E-state index is 14.0. The van der Waals surface area contributed by atoms with Crippen LogP contribution in [0.2, 0.25) is 0 Å². The van der Waals surface area contributed by atoms with Crippen LogP contribution in [-0.2, 0) is 33.4 Å². The number of benzene rings is 2. The van der Waals surface area contributed by atoms with Gasteiger partial charge in [-0.05, 0) is 75.1 Å². The summed E-state index contributed by atoms with van der Waals surface area (Å²) >= 11 is 0. The van der Waals surface area contributed by atoms with Gasteiger partial charge in [-0.1, -0.05) is 29.8 Å². The zero-order chi connectivity index (χ0) is 27.0. The quantitative estimate of drug-likeness (QED) is 0.474. The van der Waals surface area contributed by atoms with Gasteiger partial charge in [-0.15, -0.1) is 0 Å². The van der Waals surface area contributed by atoms with E-state index in [2.05, 4.69) is 42.6 Å². The molecule has 4 rings (SSSR count). The number of hydrogen-bond donors (Lipinski definition) is 1. The van der Waals surface area contributed by atoms with Crippen molar-refractivity contribution in [1.29, 1.82) is 0 Å². The molecule has 0 saturated heterocycles. The molecule has 1 atom stereocenters. The van der Waals surface area contributed by atoms with Gasteiger partial charge in [-0.25, -0.2) is 18.1 Å². The van der Waals surface area contributed by atoms with Crippen LogP contribution in [0.1, 0.15) is 47.2 Å². The van der Waals surface area contributed by atoms with Crippen LogP contribution < -0.4 is 14.2 Å². The molecule has 0 fully saturated rings. The molecule has 8 nitrogen and oxygen atoms in total. The predicted molar refractivity (Wildman–Crippen MR) is 141 cm³/mol. The van der Waals surface area contributed by atoms with Crippen LogP contribution in [0, 0.1) is 20.8 Å². The lowest BCUT2D eigenvalue weighted by Crippen LogP contribution is -2.52. The molecule has 1 aromatic heterocycles. The van der Waals surface area contributed by atoms with Crippen LogP contribution in [0.15, 0.2) is 53.6 Å². The molecule has 2 heterocycles. The lowest BCUT2D eigenvalue weighted by molar-refractivity contribution is -0.131. The molecule has 9 heteroatoms. The second-order valence-corrected chi connectivity index (χ2v) is 11.1. The second-order valence-electron chi connectivity index (χ2n) is 9.47. The summed E-state index contributed by atoms with van der Waals surface area (Å²) in [5.74, 6) is -0.0509. The first-order chi connectivity index (χ1) is 17.5. The van der Waals surface area contributed by atoms with E-state index in [0.717, 1.165) is 22.3 Å². The minimum absolute atomic E-state index is 0.0823. The van der Waals surface area contributed by atoms with E-state index in [4.69, 9.17) is 9.47 Å². The first-order valence-corrected chi connectivity index (χ1v) is 13.6. The first-order valence-electron chi connectivity index (χ1n) is 12.2. The summed E-state index contributed by atoms with van der Waals surface area (Å²) in [5.41, 5.74) is 4.82. The Morgan fingerprint density at radius 1 is 1.14 bits per heavy atom. The zero-order valence-electron chi connectivity index (χ0n) is 22.1. The minimum Gasteiger partial charge on any atom is -0.494 e. The molecule has 1 unspecified atom stereocenters. The fraction of sp³-hybridized carbons (Fsp3) is 0.357. The Balaban J connectivity index is 1.80. The van der Waals surface area contributed by atoms with E-state index in [-0.39, 0.29) is 10.8 Å². The fourth-order valence-corrected chi connectivity index (χ4v) is 6.31. The molecule has 3 aromatic rings. The third-order valence-electron chi connectivity index (χ3n) is 7.02. The van der Waals surface area contributed by atoms with E-state index in [9.17, 15) is 13.2 Å². The van der Waals surface area contributed by atoms with E-state index >= 15 is 0 Å². The van der Waals surface area contributed by atoms with E-state index in [1.54, 1.807) is 6.92 Å². The number of carbonyl (C=O) groups is 1. The van der Waals surface area contributed by atoms with Crippen LogP contribution in [-0.4, -0.2) is 37.9 Å². The van der Waals surface area contributed by atoms with Crippen LogP contribution in [0.3, 0.4) is 0 Å². The molecule has 0 bridgehead atoms. The Hall–Kier alpha value is -3.43. The maximum absolute atomic E-state index is 14.0. The lowest BCUT2D eigenvalue weighted by atomic mass is 9.89. The van der Waals surface area contributed by atoms with Crippen molar-refractivity contribution in [3.05, 3.63) is 82.0 Å². The molecule has 1 aliphatic rings. The molecule has 0 aliphatic carbocycles. The number of nitrogens with one attached hydrogen (secondary N) is 1. The number of methoxy groups -OCH3 is 1. The van der Waals surface area contributed by atoms with Gasteiger partial charge in [-0.2, -0.15) is 0 Å². The Bertz CT molecular complexity index is 1430. The number of aromatic nitrogens is 1. The van der Waals surface area contributed by atoms with Crippen molar-refractivity contribution in [2.75, 3.05) is 13.7 Å². The highest BCUT2D eigenvalue weighted by Crippen LogP contribution is 2.44. The van der Waals surface area contributed by atoms with Gasteiger partial charge in [0.25, 0.3) is 15.9 Å². The van der Waals surface area contributed by atoms with Gasteiger partial charge < -0.3 is 9.47 Å². The van der Waals surface area contributed by atoms with Crippen LogP contribution in [0.25, 0.3) is 0 Å². The summed E-state index contributed by atoms with van der Waals surface area (Å²) in [6.45, 7) is 11.2. The number of amides is 1. The first kappa shape index (κ1) is 26.6. The summed E-state index contributed by atoms with van der Waals surface area (Å²) in [6.07, 6.45) is 1.43. The second kappa shape index (κ2) is 10.1. The summed E-state index contributed by atoms with van der Waals surface area (Å²) in [6, 6.07) is 12.7. The molecule has 1 amide bonds. The van der Waals surface area contributed by atoms with Crippen molar-refractivity contribution in [2.24, 2.45) is 0 Å². The number of rotatable bonds is 8. The number of hydrogen-bond acceptors (Lipinski definition) is 7. The van der Waals surface area contributed by atoms with Gasteiger partial charge in [0.1, 0.15) is 16.2 Å². The summed E-state index contributed by atoms with van der Waals surface area (Å²) < 4.78 is 40.0. The number of fused-ring (bicyclic) bond motifs is 1. The van der Waals surface area contributed by atoms with Crippen molar-refractivity contribution in [2.45, 2.75) is 58.1 Å². The highest BCUT2D eigenvalue weighted by atomic mass is 32.2. The van der Waals surface area contributed by atoms with Crippen molar-refractivity contribution in [3.8, 4) is 11.6 Å². The van der Waals surface area contributed by atoms with Gasteiger partial charge in [0, 0.05) is 24.8 Å². The summed E-state index contributed by atoms with van der Waals surface area (Å²) in [5, 5.41) is 0. The summed E-state index contributed by atoms with van der Waals surface area (Å²) in [7, 11) is -2.93. The Morgan fingerprint density at radius 2 is 1.84 bits per heavy atom. The van der Waals surface area contributed by atoms with Gasteiger partial charge >= 0.3 is 0 Å². The number of aryl methyl sites for hydroxylation is 3. The number of nitrogens with zero attached hydrogens (tertiary/aromatic N) is 2. The highest BCUT2D eigenvalue weighted by molar-refractivity contribution is 7.90. The van der Waals surface area contributed by atoms with Crippen molar-refractivity contribution in [3.63, 3.8) is 0 Å². The zero-order valence-corrected chi connectivity index (χ0v) is 22.9. The Labute approximate surface area is 218 Å². The Kier molecular flexibility index (Phi) is 7.30. The van der Waals surface area contributed by atoms with Crippen molar-refractivity contribution >= 4 is 15.9 Å². The average Bonchev–Trinajstić information content (AvgIpc) is 3.14. The number of ether oxygens (including phenoxy) is 2. The van der Waals surface area contributed by atoms with E-state index < -0.39 is 21.5 Å². The molecule has 1 N–H and O–H groups in total. The average molecular weight is 524 g/mol. The standard InChI is InChI=1S/C28H33N3O5S/c1-7-36-24-11-8-10-23-22(24)17-31(16-21-19(3)14-18(2)15-20(21)4)28(23,5)27(32)30-37(33,34)25-12-9-13-29-26(25)35-6/h8-15H,7,16-17H2,1-6H3,(H,30,32). The molecule has 0 spiro atoms. The fourth-order valence-electron chi connectivity index (χ4n) is 5.14. The van der Waals surface area contributed by atoms with Crippen molar-refractivity contribution < 1.29 is 22.7 Å². The van der Waals surface area contributed by atoms with Gasteiger partial charge in [0.2, 0.25) is 5.88 Å². The molecule has 37 heavy (non-hydrogen) atoms. The minimum atomic E-state index is -4.26. The molecule has 196 valence electrons. The summed E-state index contributed by atoms with van der Waals surface area (Å²) in [4.78, 5) is 19.8. The van der Waals surface area contributed by atoms with Gasteiger partial charge in [-0.3, -0.25) is 9.69 Å². The predicted octanol–water partition coefficient (Wildman–Crippen LogP) is 4.15. The molecular formula is C28H33N3O5S. The lowest BCUT2D eigenvalue weighted by Gasteiger charge is -2.35. The maximum Gasteiger partial charge on any atom is 0.269 e.